The van der Waals surface area contributed by atoms with Gasteiger partial charge in [-0.25, -0.2) is 0 Å². The molecule has 0 saturated heterocycles. The Bertz CT molecular complexity index is 26.9. The van der Waals surface area contributed by atoms with Crippen molar-refractivity contribution >= 4 is 18.8 Å². The SMILES string of the molecule is C[SiH2][SiH3].N#N.[H-].[Na+]. The molecule has 0 N–H and O–H groups in total. The molecule has 0 aromatic carbocycles. The molecule has 2 nitrogen and oxygen atoms in total. The number of nitrogens with zero attached hydrogens (tertiary/aromatic N) is 2. The molecule has 32 valence electrons. The summed E-state index contributed by atoms with van der Waals surface area (Å²) in [6.07, 6.45) is 0. The molecule has 0 atom stereocenters. The minimum Gasteiger partial charge on any atom is -1.00 e. The molecule has 0 aromatic heterocycles. The summed E-state index contributed by atoms with van der Waals surface area (Å²) in [7, 11) is 2.06. The van der Waals surface area contributed by atoms with Crippen LogP contribution in [0.2, 0.25) is 6.55 Å². The zero-order chi connectivity index (χ0) is 4.71. The van der Waals surface area contributed by atoms with Gasteiger partial charge in [0.25, 0.3) is 0 Å². The third kappa shape index (κ3) is 98.9. The predicted molar refractivity (Wildman–Crippen MR) is 28.9 cm³/mol. The van der Waals surface area contributed by atoms with Crippen molar-refractivity contribution in [3.8, 4) is 0 Å². The smallest absolute Gasteiger partial charge is 1.00 e. The summed E-state index contributed by atoms with van der Waals surface area (Å²) in [6.45, 7) is 2.33. The van der Waals surface area contributed by atoms with Crippen LogP contribution in [0.25, 0.3) is 0 Å². The molecular formula is CH9N2NaSi2. The van der Waals surface area contributed by atoms with Crippen LogP contribution in [0.15, 0.2) is 0 Å². The van der Waals surface area contributed by atoms with Crippen LogP contribution in [-0.4, -0.2) is 18.8 Å². The van der Waals surface area contributed by atoms with Crippen molar-refractivity contribution in [3.05, 3.63) is 0 Å². The fourth-order valence-corrected chi connectivity index (χ4v) is 0. The molecule has 0 aromatic rings. The summed E-state index contributed by atoms with van der Waals surface area (Å²) in [5.74, 6) is 0. The second kappa shape index (κ2) is 40.1. The van der Waals surface area contributed by atoms with Crippen LogP contribution in [0, 0.1) is 10.8 Å². The number of hydrogen-bond donors (Lipinski definition) is 0. The van der Waals surface area contributed by atoms with Gasteiger partial charge in [0.05, 0.1) is 0 Å². The Labute approximate surface area is 66.9 Å². The first-order valence-corrected chi connectivity index (χ1v) is 8.69. The first-order chi connectivity index (χ1) is 2.41. The normalized spacial score (nSPS) is 5.83. The summed E-state index contributed by atoms with van der Waals surface area (Å²) in [6, 6.07) is 0. The molecule has 0 fully saturated rings. The zero-order valence-corrected chi connectivity index (χ0v) is 10.0. The standard InChI is InChI=1S/CH8Si2.N2.Na.H/c1-3-2;1-2;;/h3H2,1-2H3;;;/q;;+1;-1. The van der Waals surface area contributed by atoms with E-state index in [1.54, 1.807) is 0 Å². The minimum absolute atomic E-state index is 0. The average molecular weight is 128 g/mol. The van der Waals surface area contributed by atoms with Gasteiger partial charge in [-0.05, 0) is 9.76 Å². The Kier molecular flexibility index (Phi) is 106. The van der Waals surface area contributed by atoms with Crippen molar-refractivity contribution in [1.82, 2.24) is 0 Å². The summed E-state index contributed by atoms with van der Waals surface area (Å²) in [5.41, 5.74) is 0. The molecule has 0 rings (SSSR count). The molecule has 0 aliphatic rings. The quantitative estimate of drug-likeness (QED) is 0.244. The Morgan fingerprint density at radius 1 is 1.67 bits per heavy atom. The Morgan fingerprint density at radius 2 is 1.67 bits per heavy atom. The molecule has 0 bridgehead atoms. The molecule has 0 heterocycles. The Hall–Kier alpha value is 0.854. The summed E-state index contributed by atoms with van der Waals surface area (Å²) in [5, 5.41) is 12.0. The van der Waals surface area contributed by atoms with Gasteiger partial charge in [0.2, 0.25) is 0 Å². The van der Waals surface area contributed by atoms with Crippen molar-refractivity contribution in [2.75, 3.05) is 0 Å². The van der Waals surface area contributed by atoms with E-state index in [4.69, 9.17) is 10.8 Å². The van der Waals surface area contributed by atoms with Gasteiger partial charge in [-0.2, -0.15) is 0 Å². The Morgan fingerprint density at radius 3 is 1.67 bits per heavy atom. The van der Waals surface area contributed by atoms with Gasteiger partial charge in [-0.15, -0.1) is 0 Å². The van der Waals surface area contributed by atoms with Crippen molar-refractivity contribution in [2.24, 2.45) is 0 Å². The average Bonchev–Trinajstić information content (AvgIpc) is 1.46. The van der Waals surface area contributed by atoms with Crippen LogP contribution < -0.4 is 29.6 Å². The van der Waals surface area contributed by atoms with E-state index >= 15 is 0 Å². The van der Waals surface area contributed by atoms with Gasteiger partial charge in [0, 0.05) is 19.8 Å². The summed E-state index contributed by atoms with van der Waals surface area (Å²) in [4.78, 5) is 0. The van der Waals surface area contributed by atoms with E-state index in [9.17, 15) is 0 Å². The van der Waals surface area contributed by atoms with Crippen molar-refractivity contribution in [1.29, 1.82) is 10.8 Å². The molecule has 0 saturated carbocycles. The van der Waals surface area contributed by atoms with Gasteiger partial charge in [0.15, 0.2) is 0 Å². The van der Waals surface area contributed by atoms with E-state index in [-0.39, 0.29) is 31.0 Å². The van der Waals surface area contributed by atoms with Crippen molar-refractivity contribution in [2.45, 2.75) is 6.55 Å². The fraction of sp³-hybridized carbons (Fsp3) is 1.00. The summed E-state index contributed by atoms with van der Waals surface area (Å²) >= 11 is 0. The van der Waals surface area contributed by atoms with Crippen LogP contribution in [0.3, 0.4) is 0 Å². The van der Waals surface area contributed by atoms with Crippen molar-refractivity contribution < 1.29 is 31.0 Å². The molecular weight excluding hydrogens is 119 g/mol. The molecule has 0 radical (unpaired) electrons. The van der Waals surface area contributed by atoms with Gasteiger partial charge in [-0.3, -0.25) is 0 Å². The van der Waals surface area contributed by atoms with Gasteiger partial charge in [-0.1, -0.05) is 6.55 Å². The van der Waals surface area contributed by atoms with Crippen LogP contribution in [0.5, 0.6) is 0 Å². The first kappa shape index (κ1) is 15.8. The van der Waals surface area contributed by atoms with Crippen LogP contribution >= 0.6 is 0 Å². The molecule has 6 heavy (non-hydrogen) atoms. The Balaban J connectivity index is -0.0000000105. The van der Waals surface area contributed by atoms with E-state index in [1.807, 2.05) is 0 Å². The van der Waals surface area contributed by atoms with Crippen molar-refractivity contribution in [3.63, 3.8) is 0 Å². The molecule has 0 spiro atoms. The third-order valence-corrected chi connectivity index (χ3v) is 0. The molecule has 0 amide bonds. The molecule has 0 aliphatic carbocycles. The van der Waals surface area contributed by atoms with Crippen LogP contribution in [0.4, 0.5) is 0 Å². The second-order valence-electron chi connectivity index (χ2n) is 0.707. The largest absolute Gasteiger partial charge is 1.00 e. The van der Waals surface area contributed by atoms with E-state index in [2.05, 4.69) is 6.55 Å². The number of hydrogen-bond acceptors (Lipinski definition) is 2. The van der Waals surface area contributed by atoms with Gasteiger partial charge in [0.1, 0.15) is 0 Å². The fourth-order valence-electron chi connectivity index (χ4n) is 0. The third-order valence-electron chi connectivity index (χ3n) is 0. The van der Waals surface area contributed by atoms with E-state index in [0.717, 1.165) is 0 Å². The maximum Gasteiger partial charge on any atom is 1.00 e. The van der Waals surface area contributed by atoms with Crippen LogP contribution in [-0.2, 0) is 0 Å². The van der Waals surface area contributed by atoms with E-state index < -0.39 is 0 Å². The number of rotatable bonds is 0. The zero-order valence-electron chi connectivity index (χ0n) is 5.60. The topological polar surface area (TPSA) is 47.6 Å². The first-order valence-electron chi connectivity index (χ1n) is 1.61. The molecule has 0 unspecified atom stereocenters. The maximum absolute atomic E-state index is 6.00. The maximum atomic E-state index is 6.00. The molecule has 5 heteroatoms. The monoisotopic (exact) mass is 128 g/mol. The second-order valence-corrected chi connectivity index (χ2v) is 6.36. The summed E-state index contributed by atoms with van der Waals surface area (Å²) < 4.78 is 0. The van der Waals surface area contributed by atoms with E-state index in [0.29, 0.717) is 9.04 Å². The van der Waals surface area contributed by atoms with E-state index in [1.165, 1.54) is 9.76 Å². The van der Waals surface area contributed by atoms with Gasteiger partial charge >= 0.3 is 29.6 Å². The predicted octanol–water partition coefficient (Wildman–Crippen LogP) is -4.37. The van der Waals surface area contributed by atoms with Gasteiger partial charge < -0.3 is 1.43 Å². The minimum atomic E-state index is 0. The molecule has 0 aliphatic heterocycles. The van der Waals surface area contributed by atoms with Crippen LogP contribution in [0.1, 0.15) is 1.43 Å².